The predicted octanol–water partition coefficient (Wildman–Crippen LogP) is 5.51. The number of halogens is 2. The lowest BCUT2D eigenvalue weighted by Crippen LogP contribution is -2.39. The minimum atomic E-state index is -4.40. The fraction of sp³-hybridized carbons (Fsp3) is 0.464. The Kier molecular flexibility index (Phi) is 12.1. The summed E-state index contributed by atoms with van der Waals surface area (Å²) in [5.74, 6) is -1.89. The summed E-state index contributed by atoms with van der Waals surface area (Å²) in [6.45, 7) is 1.36. The first-order valence-corrected chi connectivity index (χ1v) is 15.5. The average Bonchev–Trinajstić information content (AvgIpc) is 2.89. The van der Waals surface area contributed by atoms with Gasteiger partial charge in [-0.2, -0.15) is 0 Å². The topological polar surface area (TPSA) is 148 Å². The molecule has 0 saturated heterocycles. The maximum absolute atomic E-state index is 14.3. The zero-order valence-corrected chi connectivity index (χ0v) is 24.2. The number of nitrogens with one attached hydrogen (secondary N) is 1. The highest BCUT2D eigenvalue weighted by Crippen LogP contribution is 2.34. The fourth-order valence-corrected chi connectivity index (χ4v) is 5.15. The van der Waals surface area contributed by atoms with Crippen LogP contribution in [0.2, 0.25) is 5.02 Å². The second-order valence-corrected chi connectivity index (χ2v) is 12.1. The van der Waals surface area contributed by atoms with Gasteiger partial charge in [-0.25, -0.2) is 9.18 Å². The van der Waals surface area contributed by atoms with Crippen molar-refractivity contribution in [3.8, 4) is 11.1 Å². The minimum Gasteiger partial charge on any atom is -0.431 e. The second-order valence-electron chi connectivity index (χ2n) is 9.94. The third-order valence-electron chi connectivity index (χ3n) is 6.46. The summed E-state index contributed by atoms with van der Waals surface area (Å²) < 4.78 is 40.9. The molecule has 224 valence electrons. The molecule has 1 saturated carbocycles. The molecule has 0 radical (unpaired) electrons. The van der Waals surface area contributed by atoms with Crippen LogP contribution in [0.15, 0.2) is 42.5 Å². The molecule has 1 amide bonds. The first-order valence-electron chi connectivity index (χ1n) is 13.3. The zero-order valence-electron chi connectivity index (χ0n) is 22.6. The Hall–Kier alpha value is -2.98. The summed E-state index contributed by atoms with van der Waals surface area (Å²) in [4.78, 5) is 55.3. The minimum absolute atomic E-state index is 0.147. The van der Waals surface area contributed by atoms with Crippen LogP contribution >= 0.6 is 19.2 Å². The molecule has 2 aromatic rings. The summed E-state index contributed by atoms with van der Waals surface area (Å²) >= 11 is 5.99. The van der Waals surface area contributed by atoms with E-state index in [2.05, 4.69) is 5.32 Å². The Morgan fingerprint density at radius 1 is 1.07 bits per heavy atom. The molecule has 41 heavy (non-hydrogen) atoms. The third-order valence-corrected chi connectivity index (χ3v) is 7.50. The van der Waals surface area contributed by atoms with Crippen LogP contribution in [0.25, 0.3) is 11.1 Å². The Bertz CT molecular complexity index is 1250. The van der Waals surface area contributed by atoms with E-state index in [-0.39, 0.29) is 18.9 Å². The van der Waals surface area contributed by atoms with Crippen molar-refractivity contribution in [2.24, 2.45) is 0 Å². The van der Waals surface area contributed by atoms with Crippen LogP contribution in [0.5, 0.6) is 0 Å². The van der Waals surface area contributed by atoms with Crippen molar-refractivity contribution in [1.82, 2.24) is 5.32 Å². The van der Waals surface area contributed by atoms with Crippen molar-refractivity contribution >= 4 is 37.2 Å². The highest BCUT2D eigenvalue weighted by molar-refractivity contribution is 7.51. The fourth-order valence-electron chi connectivity index (χ4n) is 4.49. The van der Waals surface area contributed by atoms with Gasteiger partial charge in [-0.1, -0.05) is 42.3 Å². The molecule has 10 nitrogen and oxygen atoms in total. The van der Waals surface area contributed by atoms with E-state index in [1.54, 1.807) is 24.3 Å². The number of benzene rings is 2. The summed E-state index contributed by atoms with van der Waals surface area (Å²) in [6.07, 6.45) is 0.841. The Labute approximate surface area is 242 Å². The number of carbonyl (C=O) groups excluding carboxylic acids is 3. The lowest BCUT2D eigenvalue weighted by Gasteiger charge is -2.23. The first-order chi connectivity index (χ1) is 19.4. The second kappa shape index (κ2) is 15.3. The van der Waals surface area contributed by atoms with Crippen molar-refractivity contribution in [2.45, 2.75) is 76.7 Å². The van der Waals surface area contributed by atoms with Gasteiger partial charge in [0.15, 0.2) is 0 Å². The van der Waals surface area contributed by atoms with Crippen LogP contribution < -0.4 is 5.32 Å². The number of hydrogen-bond acceptors (Lipinski definition) is 7. The van der Waals surface area contributed by atoms with Gasteiger partial charge in [0.1, 0.15) is 11.9 Å². The quantitative estimate of drug-likeness (QED) is 0.160. The highest BCUT2D eigenvalue weighted by Gasteiger charge is 2.24. The van der Waals surface area contributed by atoms with Gasteiger partial charge in [-0.3, -0.25) is 14.2 Å². The summed E-state index contributed by atoms with van der Waals surface area (Å²) in [7, 11) is -4.40. The summed E-state index contributed by atoms with van der Waals surface area (Å²) in [5, 5.41) is 2.98. The van der Waals surface area contributed by atoms with Crippen LogP contribution in [0.1, 0.15) is 57.4 Å². The van der Waals surface area contributed by atoms with Crippen molar-refractivity contribution < 1.29 is 47.3 Å². The molecule has 0 aromatic heterocycles. The number of rotatable bonds is 12. The summed E-state index contributed by atoms with van der Waals surface area (Å²) in [6, 6.07) is 10.1. The third kappa shape index (κ3) is 11.8. The van der Waals surface area contributed by atoms with Gasteiger partial charge in [0.2, 0.25) is 12.2 Å². The monoisotopic (exact) mass is 613 g/mol. The lowest BCUT2D eigenvalue weighted by atomic mass is 9.98. The molecule has 0 aliphatic heterocycles. The van der Waals surface area contributed by atoms with Gasteiger partial charge in [-0.15, -0.1) is 0 Å². The van der Waals surface area contributed by atoms with E-state index in [1.807, 2.05) is 0 Å². The Balaban J connectivity index is 1.62. The molecule has 3 N–H and O–H groups in total. The maximum atomic E-state index is 14.3. The molecule has 0 heterocycles. The maximum Gasteiger partial charge on any atom is 0.511 e. The smallest absolute Gasteiger partial charge is 0.431 e. The molecule has 3 rings (SSSR count). The SMILES string of the molecule is CC(OC(=O)C[C@@H](Cc1ccc(-c2cc(Cl)ccc2F)cc1)NC(=O)CCP(=O)(O)O)OC(=O)OC1CCCCC1. The molecule has 2 atom stereocenters. The molecular formula is C28H34ClFNO9P. The molecule has 1 fully saturated rings. The normalized spacial score (nSPS) is 15.4. The van der Waals surface area contributed by atoms with Gasteiger partial charge >= 0.3 is 19.7 Å². The van der Waals surface area contributed by atoms with Gasteiger partial charge in [-0.05, 0) is 61.4 Å². The van der Waals surface area contributed by atoms with E-state index in [0.717, 1.165) is 32.1 Å². The van der Waals surface area contributed by atoms with Gasteiger partial charge < -0.3 is 29.3 Å². The molecule has 1 unspecified atom stereocenters. The summed E-state index contributed by atoms with van der Waals surface area (Å²) in [5.41, 5.74) is 1.57. The molecule has 1 aliphatic carbocycles. The van der Waals surface area contributed by atoms with Crippen molar-refractivity contribution in [2.75, 3.05) is 6.16 Å². The lowest BCUT2D eigenvalue weighted by molar-refractivity contribution is -0.169. The van der Waals surface area contributed by atoms with Gasteiger partial charge in [0.25, 0.3) is 0 Å². The number of hydrogen-bond donors (Lipinski definition) is 3. The van der Waals surface area contributed by atoms with E-state index in [4.69, 9.17) is 35.6 Å². The number of carbonyl (C=O) groups is 3. The highest BCUT2D eigenvalue weighted by atomic mass is 35.5. The van der Waals surface area contributed by atoms with Crippen molar-refractivity contribution in [3.05, 3.63) is 58.9 Å². The Morgan fingerprint density at radius 2 is 1.76 bits per heavy atom. The molecule has 2 aromatic carbocycles. The number of ether oxygens (including phenoxy) is 3. The van der Waals surface area contributed by atoms with Crippen molar-refractivity contribution in [1.29, 1.82) is 0 Å². The van der Waals surface area contributed by atoms with E-state index in [1.165, 1.54) is 25.1 Å². The van der Waals surface area contributed by atoms with Crippen LogP contribution in [0.3, 0.4) is 0 Å². The van der Waals surface area contributed by atoms with E-state index in [0.29, 0.717) is 21.7 Å². The average molecular weight is 614 g/mol. The molecule has 0 spiro atoms. The van der Waals surface area contributed by atoms with E-state index < -0.39 is 56.4 Å². The number of esters is 1. The first kappa shape index (κ1) is 32.5. The van der Waals surface area contributed by atoms with Gasteiger partial charge in [0.05, 0.1) is 12.6 Å². The largest absolute Gasteiger partial charge is 0.511 e. The molecule has 0 bridgehead atoms. The van der Waals surface area contributed by atoms with Gasteiger partial charge in [0, 0.05) is 30.0 Å². The molecule has 1 aliphatic rings. The van der Waals surface area contributed by atoms with Crippen LogP contribution in [-0.2, 0) is 34.8 Å². The molecule has 13 heteroatoms. The molecular weight excluding hydrogens is 580 g/mol. The predicted molar refractivity (Wildman–Crippen MR) is 149 cm³/mol. The van der Waals surface area contributed by atoms with Crippen LogP contribution in [0, 0.1) is 5.82 Å². The standard InChI is InChI=1S/C28H34ClFNO9P/c1-18(39-28(34)40-23-5-3-2-4-6-23)38-27(33)17-22(31-26(32)13-14-41(35,36)37)15-19-7-9-20(10-8-19)24-16-21(29)11-12-25(24)30/h7-12,16,18,22-23H,2-6,13-15,17H2,1H3,(H,31,32)(H2,35,36,37)/t18?,22-/m1/s1. The van der Waals surface area contributed by atoms with Crippen LogP contribution in [0.4, 0.5) is 9.18 Å². The van der Waals surface area contributed by atoms with Crippen molar-refractivity contribution in [3.63, 3.8) is 0 Å². The Morgan fingerprint density at radius 3 is 2.41 bits per heavy atom. The van der Waals surface area contributed by atoms with E-state index in [9.17, 15) is 23.3 Å². The van der Waals surface area contributed by atoms with E-state index >= 15 is 0 Å². The van der Waals surface area contributed by atoms with Crippen LogP contribution in [-0.4, -0.2) is 52.4 Å². The zero-order chi connectivity index (χ0) is 30.0. The number of amides is 1.